The number of nitrogens with two attached hydrogens (primary N) is 1. The molecular weight excluding hydrogens is 448 g/mol. The van der Waals surface area contributed by atoms with Crippen molar-refractivity contribution in [2.45, 2.75) is 25.2 Å². The zero-order chi connectivity index (χ0) is 24.3. The van der Waals surface area contributed by atoms with Gasteiger partial charge in [-0.2, -0.15) is 18.4 Å². The quantitative estimate of drug-likeness (QED) is 0.344. The van der Waals surface area contributed by atoms with E-state index in [0.29, 0.717) is 42.3 Å². The van der Waals surface area contributed by atoms with E-state index in [4.69, 9.17) is 11.0 Å². The first-order valence-electron chi connectivity index (χ1n) is 9.60. The average Bonchev–Trinajstić information content (AvgIpc) is 3.08. The van der Waals surface area contributed by atoms with E-state index in [-0.39, 0.29) is 23.7 Å². The van der Waals surface area contributed by atoms with Crippen molar-refractivity contribution < 1.29 is 22.5 Å². The van der Waals surface area contributed by atoms with Gasteiger partial charge < -0.3 is 15.2 Å². The number of alkyl halides is 4. The Morgan fingerprint density at radius 1 is 1.30 bits per heavy atom. The van der Waals surface area contributed by atoms with E-state index in [1.54, 1.807) is 11.6 Å². The van der Waals surface area contributed by atoms with Crippen molar-refractivity contribution in [3.8, 4) is 6.07 Å². The third-order valence-electron chi connectivity index (χ3n) is 4.94. The highest BCUT2D eigenvalue weighted by Gasteiger charge is 2.31. The lowest BCUT2D eigenvalue weighted by Crippen LogP contribution is -2.37. The van der Waals surface area contributed by atoms with Crippen molar-refractivity contribution in [1.29, 1.82) is 5.26 Å². The molecule has 0 saturated carbocycles. The summed E-state index contributed by atoms with van der Waals surface area (Å²) < 4.78 is 50.7. The predicted octanol–water partition coefficient (Wildman–Crippen LogP) is 3.37. The van der Waals surface area contributed by atoms with E-state index >= 15 is 0 Å². The summed E-state index contributed by atoms with van der Waals surface area (Å²) in [4.78, 5) is 23.0. The largest absolute Gasteiger partial charge is 0.419 e. The number of nitrogen functional groups attached to an aromatic ring is 1. The maximum absolute atomic E-state index is 13.6. The standard InChI is InChI=1S/C14H14FN5O2.C5H4F3N3/c1-18-13-5-9(7-16)12(20(21)22)6-11(13)17-14(18)19-4-2-3-10(15)8-19;6-5(7,8)3-1-10-4(9)11-2-3/h5-6,10H,2-4,8H2,1H3;1-2H,(H2,9,10,11). The Bertz CT molecular complexity index is 1200. The van der Waals surface area contributed by atoms with Gasteiger partial charge in [0.05, 0.1) is 28.1 Å². The molecule has 174 valence electrons. The summed E-state index contributed by atoms with van der Waals surface area (Å²) in [7, 11) is 1.76. The van der Waals surface area contributed by atoms with E-state index in [2.05, 4.69) is 15.0 Å². The number of aryl methyl sites for hydroxylation is 1. The third-order valence-corrected chi connectivity index (χ3v) is 4.94. The number of rotatable bonds is 2. The summed E-state index contributed by atoms with van der Waals surface area (Å²) in [6, 6.07) is 4.59. The predicted molar refractivity (Wildman–Crippen MR) is 110 cm³/mol. The van der Waals surface area contributed by atoms with Crippen LogP contribution in [0.5, 0.6) is 0 Å². The van der Waals surface area contributed by atoms with E-state index in [1.165, 1.54) is 12.1 Å². The summed E-state index contributed by atoms with van der Waals surface area (Å²) in [5.41, 5.74) is 4.87. The fourth-order valence-electron chi connectivity index (χ4n) is 3.33. The van der Waals surface area contributed by atoms with Gasteiger partial charge >= 0.3 is 6.18 Å². The molecule has 0 amide bonds. The number of anilines is 2. The van der Waals surface area contributed by atoms with Crippen molar-refractivity contribution in [2.75, 3.05) is 23.7 Å². The van der Waals surface area contributed by atoms with E-state index in [9.17, 15) is 27.7 Å². The number of hydrogen-bond donors (Lipinski definition) is 1. The average molecular weight is 466 g/mol. The number of hydrogen-bond acceptors (Lipinski definition) is 8. The van der Waals surface area contributed by atoms with Crippen molar-refractivity contribution in [2.24, 2.45) is 7.05 Å². The second-order valence-electron chi connectivity index (χ2n) is 7.21. The SMILES string of the molecule is Cn1c(N2CCCC(F)C2)nc2cc([N+](=O)[O-])c(C#N)cc21.Nc1ncc(C(F)(F)F)cn1. The number of fused-ring (bicyclic) bond motifs is 1. The second-order valence-corrected chi connectivity index (χ2v) is 7.21. The Labute approximate surface area is 184 Å². The van der Waals surface area contributed by atoms with Crippen LogP contribution in [-0.4, -0.2) is 43.7 Å². The van der Waals surface area contributed by atoms with Gasteiger partial charge in [0.1, 0.15) is 17.8 Å². The first kappa shape index (κ1) is 23.6. The Balaban J connectivity index is 0.000000235. The van der Waals surface area contributed by atoms with Gasteiger partial charge in [0, 0.05) is 32.1 Å². The van der Waals surface area contributed by atoms with Gasteiger partial charge in [-0.15, -0.1) is 0 Å². The van der Waals surface area contributed by atoms with Crippen LogP contribution >= 0.6 is 0 Å². The molecule has 1 atom stereocenters. The second kappa shape index (κ2) is 9.23. The van der Waals surface area contributed by atoms with E-state index in [1.807, 2.05) is 11.0 Å². The van der Waals surface area contributed by atoms with Crippen LogP contribution in [0, 0.1) is 21.4 Å². The van der Waals surface area contributed by atoms with Crippen molar-refractivity contribution in [3.05, 3.63) is 45.8 Å². The van der Waals surface area contributed by atoms with E-state index < -0.39 is 22.8 Å². The Kier molecular flexibility index (Phi) is 6.61. The van der Waals surface area contributed by atoms with Crippen LogP contribution in [0.1, 0.15) is 24.0 Å². The topological polar surface area (TPSA) is 140 Å². The molecule has 1 fully saturated rings. The summed E-state index contributed by atoms with van der Waals surface area (Å²) in [6.45, 7) is 0.967. The number of nitro groups is 1. The highest BCUT2D eigenvalue weighted by atomic mass is 19.4. The van der Waals surface area contributed by atoms with Crippen molar-refractivity contribution in [3.63, 3.8) is 0 Å². The molecule has 2 aromatic heterocycles. The van der Waals surface area contributed by atoms with Gasteiger partial charge in [0.25, 0.3) is 5.69 Å². The molecule has 1 aliphatic rings. The number of nitro benzene ring substituents is 1. The number of halogens is 4. The normalized spacial score (nSPS) is 16.1. The van der Waals surface area contributed by atoms with Gasteiger partial charge in [0.2, 0.25) is 11.9 Å². The molecule has 0 bridgehead atoms. The highest BCUT2D eigenvalue weighted by Crippen LogP contribution is 2.30. The lowest BCUT2D eigenvalue weighted by atomic mass is 10.1. The van der Waals surface area contributed by atoms with Crippen LogP contribution in [-0.2, 0) is 13.2 Å². The molecule has 1 aliphatic heterocycles. The van der Waals surface area contributed by atoms with Crippen molar-refractivity contribution >= 4 is 28.6 Å². The maximum atomic E-state index is 13.6. The summed E-state index contributed by atoms with van der Waals surface area (Å²) >= 11 is 0. The number of imidazole rings is 1. The third kappa shape index (κ3) is 5.25. The summed E-state index contributed by atoms with van der Waals surface area (Å²) in [5, 5.41) is 20.1. The lowest BCUT2D eigenvalue weighted by molar-refractivity contribution is -0.385. The molecule has 3 aromatic rings. The highest BCUT2D eigenvalue weighted by molar-refractivity contribution is 5.83. The smallest absolute Gasteiger partial charge is 0.368 e. The molecular formula is C19H18F4N8O2. The minimum absolute atomic E-state index is 0.00550. The molecule has 1 unspecified atom stereocenters. The van der Waals surface area contributed by atoms with Crippen LogP contribution in [0.15, 0.2) is 24.5 Å². The Hall–Kier alpha value is -4.02. The molecule has 14 heteroatoms. The van der Waals surface area contributed by atoms with Crippen LogP contribution in [0.4, 0.5) is 35.1 Å². The first-order chi connectivity index (χ1) is 15.5. The fraction of sp³-hybridized carbons (Fsp3) is 0.368. The summed E-state index contributed by atoms with van der Waals surface area (Å²) in [5.74, 6) is 0.403. The lowest BCUT2D eigenvalue weighted by Gasteiger charge is -2.29. The monoisotopic (exact) mass is 466 g/mol. The van der Waals surface area contributed by atoms with Gasteiger partial charge in [0.15, 0.2) is 0 Å². The fourth-order valence-corrected chi connectivity index (χ4v) is 3.33. The minimum Gasteiger partial charge on any atom is -0.368 e. The van der Waals surface area contributed by atoms with Gasteiger partial charge in [-0.1, -0.05) is 0 Å². The number of benzene rings is 1. The number of nitriles is 1. The van der Waals surface area contributed by atoms with Gasteiger partial charge in [-0.05, 0) is 18.9 Å². The molecule has 3 heterocycles. The van der Waals surface area contributed by atoms with Crippen LogP contribution in [0.2, 0.25) is 0 Å². The maximum Gasteiger partial charge on any atom is 0.419 e. The van der Waals surface area contributed by atoms with Gasteiger partial charge in [-0.3, -0.25) is 10.1 Å². The number of nitrogens with zero attached hydrogens (tertiary/aromatic N) is 7. The van der Waals surface area contributed by atoms with Gasteiger partial charge in [-0.25, -0.2) is 19.3 Å². The molecule has 10 nitrogen and oxygen atoms in total. The summed E-state index contributed by atoms with van der Waals surface area (Å²) in [6.07, 6.45) is -2.71. The molecule has 4 rings (SSSR count). The molecule has 33 heavy (non-hydrogen) atoms. The molecule has 0 spiro atoms. The first-order valence-corrected chi connectivity index (χ1v) is 9.60. The molecule has 0 aliphatic carbocycles. The van der Waals surface area contributed by atoms with Crippen LogP contribution in [0.3, 0.4) is 0 Å². The molecule has 0 radical (unpaired) electrons. The molecule has 1 aromatic carbocycles. The number of aromatic nitrogens is 4. The molecule has 2 N–H and O–H groups in total. The molecule has 1 saturated heterocycles. The Morgan fingerprint density at radius 2 is 1.97 bits per heavy atom. The minimum atomic E-state index is -4.40. The zero-order valence-corrected chi connectivity index (χ0v) is 17.3. The van der Waals surface area contributed by atoms with E-state index in [0.717, 1.165) is 6.42 Å². The van der Waals surface area contributed by atoms with Crippen LogP contribution in [0.25, 0.3) is 11.0 Å². The number of piperidine rings is 1. The zero-order valence-electron chi connectivity index (χ0n) is 17.3. The van der Waals surface area contributed by atoms with Crippen molar-refractivity contribution in [1.82, 2.24) is 19.5 Å². The van der Waals surface area contributed by atoms with Crippen LogP contribution < -0.4 is 10.6 Å². The Morgan fingerprint density at radius 3 is 2.52 bits per heavy atom.